The number of nitrogens with zero attached hydrogens (tertiary/aromatic N) is 4. The number of thiazole rings is 1. The topological polar surface area (TPSA) is 126 Å². The van der Waals surface area contributed by atoms with Gasteiger partial charge in [0.05, 0.1) is 31.4 Å². The van der Waals surface area contributed by atoms with Crippen molar-refractivity contribution >= 4 is 97.2 Å². The third kappa shape index (κ3) is 7.42. The highest BCUT2D eigenvalue weighted by Crippen LogP contribution is 2.40. The average molecular weight is 770 g/mol. The molecule has 0 atom stereocenters. The fourth-order valence-corrected chi connectivity index (χ4v) is 8.80. The van der Waals surface area contributed by atoms with Crippen LogP contribution in [0.2, 0.25) is 0 Å². The van der Waals surface area contributed by atoms with Crippen LogP contribution >= 0.6 is 35.3 Å². The zero-order valence-corrected chi connectivity index (χ0v) is 31.9. The summed E-state index contributed by atoms with van der Waals surface area (Å²) in [5.41, 5.74) is 6.34. The van der Waals surface area contributed by atoms with Gasteiger partial charge in [0.25, 0.3) is 23.4 Å². The maximum Gasteiger partial charge on any atom is 0.283 e. The summed E-state index contributed by atoms with van der Waals surface area (Å²) < 4.78 is 1.35. The van der Waals surface area contributed by atoms with Gasteiger partial charge < -0.3 is 5.32 Å². The molecular weight excluding hydrogens is 739 g/mol. The van der Waals surface area contributed by atoms with Gasteiger partial charge in [-0.15, -0.1) is 11.3 Å². The van der Waals surface area contributed by atoms with Crippen LogP contribution in [0, 0.1) is 37.8 Å². The Labute approximate surface area is 324 Å². The molecule has 2 heterocycles. The van der Waals surface area contributed by atoms with Crippen LogP contribution in [0.1, 0.15) is 38.2 Å². The summed E-state index contributed by atoms with van der Waals surface area (Å²) in [4.78, 5) is 60.6. The van der Waals surface area contributed by atoms with Crippen LogP contribution in [0.15, 0.2) is 118 Å². The first kappa shape index (κ1) is 36.3. The van der Waals surface area contributed by atoms with Crippen LogP contribution in [0.25, 0.3) is 16.3 Å². The second kappa shape index (κ2) is 14.8. The molecular formula is C41H31N5O5S3. The minimum atomic E-state index is -0.634. The molecule has 7 rings (SSSR count). The van der Waals surface area contributed by atoms with E-state index in [1.165, 1.54) is 33.3 Å². The van der Waals surface area contributed by atoms with Crippen molar-refractivity contribution in [3.63, 3.8) is 0 Å². The van der Waals surface area contributed by atoms with Gasteiger partial charge in [0, 0.05) is 17.3 Å². The molecule has 0 saturated carbocycles. The number of fused-ring (bicyclic) bond motifs is 1. The van der Waals surface area contributed by atoms with E-state index in [1.54, 1.807) is 48.5 Å². The maximum atomic E-state index is 14.2. The summed E-state index contributed by atoms with van der Waals surface area (Å²) in [5, 5.41) is 15.3. The number of nitro groups is 1. The number of hydrogen-bond acceptors (Lipinski definition) is 9. The van der Waals surface area contributed by atoms with Crippen molar-refractivity contribution in [2.24, 2.45) is 0 Å². The Morgan fingerprint density at radius 3 is 1.98 bits per heavy atom. The van der Waals surface area contributed by atoms with Gasteiger partial charge in [0.2, 0.25) is 0 Å². The quantitative estimate of drug-likeness (QED) is 0.0534. The van der Waals surface area contributed by atoms with Crippen LogP contribution in [0.4, 0.5) is 22.7 Å². The van der Waals surface area contributed by atoms with E-state index in [-0.39, 0.29) is 22.3 Å². The van der Waals surface area contributed by atoms with Crippen LogP contribution in [-0.2, 0) is 9.59 Å². The van der Waals surface area contributed by atoms with Crippen molar-refractivity contribution in [2.45, 2.75) is 36.9 Å². The summed E-state index contributed by atoms with van der Waals surface area (Å²) >= 11 is 8.30. The largest absolute Gasteiger partial charge is 0.322 e. The van der Waals surface area contributed by atoms with Crippen molar-refractivity contribution in [1.82, 2.24) is 4.98 Å². The molecule has 0 unspecified atom stereocenters. The number of rotatable bonds is 8. The van der Waals surface area contributed by atoms with E-state index in [0.29, 0.717) is 42.9 Å². The number of carbonyl (C=O) groups is 3. The number of aromatic nitrogens is 1. The van der Waals surface area contributed by atoms with Gasteiger partial charge in [-0.25, -0.2) is 4.98 Å². The van der Waals surface area contributed by atoms with E-state index in [0.717, 1.165) is 38.7 Å². The van der Waals surface area contributed by atoms with E-state index in [1.807, 2.05) is 76.2 Å². The van der Waals surface area contributed by atoms with E-state index in [2.05, 4.69) is 10.3 Å². The molecule has 1 aromatic heterocycles. The molecule has 54 heavy (non-hydrogen) atoms. The summed E-state index contributed by atoms with van der Waals surface area (Å²) in [6.07, 6.45) is 1.38. The van der Waals surface area contributed by atoms with Gasteiger partial charge in [0.15, 0.2) is 9.45 Å². The van der Waals surface area contributed by atoms with E-state index >= 15 is 0 Å². The minimum absolute atomic E-state index is 0.0106. The number of anilines is 3. The monoisotopic (exact) mass is 769 g/mol. The van der Waals surface area contributed by atoms with Crippen LogP contribution in [0.3, 0.4) is 0 Å². The number of thiocarbonyl (C=S) groups is 1. The number of hydrogen-bond donors (Lipinski definition) is 1. The van der Waals surface area contributed by atoms with Crippen molar-refractivity contribution in [1.29, 1.82) is 0 Å². The first-order valence-corrected chi connectivity index (χ1v) is 18.7. The van der Waals surface area contributed by atoms with Crippen LogP contribution < -0.4 is 15.1 Å². The minimum Gasteiger partial charge on any atom is -0.322 e. The standard InChI is InChI=1S/C41H31N5O5S3/c1-23-14-24(2)17-30(16-23)44-38(48)32(39(49)45(41(44)52)31-18-25(3)15-26(4)19-31)20-27-10-13-35(34(21-27)46(50)51)53-40-43-33-12-11-29(22-36(33)54-40)42-37(47)28-8-6-5-7-9-28/h5-22H,1-4H3,(H,42,47). The molecule has 1 aliphatic heterocycles. The summed E-state index contributed by atoms with van der Waals surface area (Å²) in [7, 11) is 0. The Bertz CT molecular complexity index is 2470. The zero-order chi connectivity index (χ0) is 38.3. The molecule has 1 N–H and O–H groups in total. The third-order valence-electron chi connectivity index (χ3n) is 8.53. The molecule has 0 radical (unpaired) electrons. The Hall–Kier alpha value is -6.02. The zero-order valence-electron chi connectivity index (χ0n) is 29.4. The Balaban J connectivity index is 1.22. The lowest BCUT2D eigenvalue weighted by molar-refractivity contribution is -0.387. The van der Waals surface area contributed by atoms with Gasteiger partial charge in [-0.2, -0.15) is 0 Å². The van der Waals surface area contributed by atoms with E-state index in [4.69, 9.17) is 12.2 Å². The first-order valence-electron chi connectivity index (χ1n) is 16.7. The number of aryl methyl sites for hydroxylation is 4. The molecule has 1 fully saturated rings. The SMILES string of the molecule is Cc1cc(C)cc(N2C(=O)C(=Cc3ccc(Sc4nc5ccc(NC(=O)c6ccccc6)cc5s4)c([N+](=O)[O-])c3)C(=O)N(c3cc(C)cc(C)c3)C2=S)c1. The molecule has 0 aliphatic carbocycles. The molecule has 1 aliphatic rings. The number of benzene rings is 5. The van der Waals surface area contributed by atoms with E-state index in [9.17, 15) is 24.5 Å². The van der Waals surface area contributed by atoms with Gasteiger partial charge in [0.1, 0.15) is 5.57 Å². The van der Waals surface area contributed by atoms with Gasteiger partial charge in [-0.05, 0) is 134 Å². The highest BCUT2D eigenvalue weighted by atomic mass is 32.2. The molecule has 1 saturated heterocycles. The van der Waals surface area contributed by atoms with Crippen molar-refractivity contribution < 1.29 is 19.3 Å². The van der Waals surface area contributed by atoms with Gasteiger partial charge in [-0.1, -0.05) is 48.2 Å². The summed E-state index contributed by atoms with van der Waals surface area (Å²) in [5.74, 6) is -1.51. The lowest BCUT2D eigenvalue weighted by atomic mass is 10.0. The highest BCUT2D eigenvalue weighted by molar-refractivity contribution is 8.01. The van der Waals surface area contributed by atoms with Gasteiger partial charge in [-0.3, -0.25) is 34.3 Å². The predicted octanol–water partition coefficient (Wildman–Crippen LogP) is 9.59. The molecule has 10 nitrogen and oxygen atoms in total. The molecule has 6 aromatic rings. The molecule has 268 valence electrons. The van der Waals surface area contributed by atoms with Crippen LogP contribution in [-0.4, -0.2) is 32.7 Å². The molecule has 3 amide bonds. The lowest BCUT2D eigenvalue weighted by Crippen LogP contribution is -2.57. The fourth-order valence-electron chi connectivity index (χ4n) is 6.28. The normalized spacial score (nSPS) is 13.1. The second-order valence-corrected chi connectivity index (χ2v) is 15.6. The third-order valence-corrected chi connectivity index (χ3v) is 11.0. The number of nitro benzene ring substituents is 1. The molecule has 5 aromatic carbocycles. The van der Waals surface area contributed by atoms with Crippen molar-refractivity contribution in [2.75, 3.05) is 15.1 Å². The number of nitrogens with one attached hydrogen (secondary N) is 1. The smallest absolute Gasteiger partial charge is 0.283 e. The molecule has 0 bridgehead atoms. The Morgan fingerprint density at radius 2 is 1.41 bits per heavy atom. The summed E-state index contributed by atoms with van der Waals surface area (Å²) in [6, 6.07) is 30.0. The number of amides is 3. The lowest BCUT2D eigenvalue weighted by Gasteiger charge is -2.37. The number of carbonyl (C=O) groups excluding carboxylic acids is 3. The first-order chi connectivity index (χ1) is 25.8. The second-order valence-electron chi connectivity index (χ2n) is 12.9. The van der Waals surface area contributed by atoms with Gasteiger partial charge >= 0.3 is 0 Å². The van der Waals surface area contributed by atoms with Crippen molar-refractivity contribution in [3.8, 4) is 0 Å². The highest BCUT2D eigenvalue weighted by Gasteiger charge is 2.41. The Kier molecular flexibility index (Phi) is 9.95. The van der Waals surface area contributed by atoms with Crippen molar-refractivity contribution in [3.05, 3.63) is 152 Å². The Morgan fingerprint density at radius 1 is 0.815 bits per heavy atom. The maximum absolute atomic E-state index is 14.2. The van der Waals surface area contributed by atoms with E-state index < -0.39 is 16.7 Å². The average Bonchev–Trinajstić information content (AvgIpc) is 3.51. The van der Waals surface area contributed by atoms with Crippen LogP contribution in [0.5, 0.6) is 0 Å². The molecule has 0 spiro atoms. The summed E-state index contributed by atoms with van der Waals surface area (Å²) in [6.45, 7) is 7.64. The predicted molar refractivity (Wildman–Crippen MR) is 219 cm³/mol. The molecule has 13 heteroatoms. The fraction of sp³-hybridized carbons (Fsp3) is 0.0976.